The number of hydrogen-bond acceptors (Lipinski definition) is 5. The molecule has 5 nitrogen and oxygen atoms in total. The van der Waals surface area contributed by atoms with Gasteiger partial charge in [-0.05, 0) is 37.4 Å². The summed E-state index contributed by atoms with van der Waals surface area (Å²) in [6, 6.07) is 0. The summed E-state index contributed by atoms with van der Waals surface area (Å²) in [5.41, 5.74) is 1.14. The molecule has 2 aliphatic heterocycles. The maximum atomic E-state index is 10.4. The van der Waals surface area contributed by atoms with Crippen LogP contribution in [0.25, 0.3) is 0 Å². The second-order valence-corrected chi connectivity index (χ2v) is 7.76. The molecule has 0 spiro atoms. The van der Waals surface area contributed by atoms with E-state index in [4.69, 9.17) is 9.47 Å². The Morgan fingerprint density at radius 3 is 1.78 bits per heavy atom. The standard InChI is InChI=1S/C8H16.C7H14O2.C5H5NO2.CH4S/c1-3-5-8(2)6-4-7-8;1-3-7(4-8-2)5-9-6-7;1-6-4(7)2-3-5(6)8;1-2/h3-7H2,1-2H3;3-6H2,1-2H3;2-3H,1H3;2H,1H3. The van der Waals surface area contributed by atoms with E-state index in [2.05, 4.69) is 33.4 Å². The highest BCUT2D eigenvalue weighted by Gasteiger charge is 2.36. The van der Waals surface area contributed by atoms with Gasteiger partial charge in [0, 0.05) is 31.7 Å². The van der Waals surface area contributed by atoms with Crippen molar-refractivity contribution in [3.05, 3.63) is 12.2 Å². The normalized spacial score (nSPS) is 20.8. The van der Waals surface area contributed by atoms with Gasteiger partial charge in [-0.3, -0.25) is 14.5 Å². The first-order valence-corrected chi connectivity index (χ1v) is 10.7. The summed E-state index contributed by atoms with van der Waals surface area (Å²) in [4.78, 5) is 21.9. The Balaban J connectivity index is 0.000000359. The third-order valence-corrected chi connectivity index (χ3v) is 5.46. The number of likely N-dealkylation sites (N-methyl/N-ethyl adjacent to an activating group) is 1. The number of thiol groups is 1. The predicted molar refractivity (Wildman–Crippen MR) is 114 cm³/mol. The van der Waals surface area contributed by atoms with Crippen molar-refractivity contribution in [2.24, 2.45) is 10.8 Å². The fraction of sp³-hybridized carbons (Fsp3) is 0.810. The average molecular weight is 402 g/mol. The monoisotopic (exact) mass is 401 g/mol. The highest BCUT2D eigenvalue weighted by molar-refractivity contribution is 7.79. The maximum absolute atomic E-state index is 10.4. The highest BCUT2D eigenvalue weighted by Crippen LogP contribution is 2.43. The molecule has 1 aliphatic carbocycles. The Bertz CT molecular complexity index is 447. The predicted octanol–water partition coefficient (Wildman–Crippen LogP) is 4.12. The van der Waals surface area contributed by atoms with E-state index >= 15 is 0 Å². The number of amides is 2. The first-order valence-electron chi connectivity index (χ1n) is 9.82. The van der Waals surface area contributed by atoms with Crippen LogP contribution in [0.15, 0.2) is 12.2 Å². The fourth-order valence-corrected chi connectivity index (χ4v) is 3.20. The summed E-state index contributed by atoms with van der Waals surface area (Å²) in [6.07, 6.45) is 12.6. The Morgan fingerprint density at radius 1 is 1.15 bits per heavy atom. The molecule has 0 aromatic rings. The zero-order valence-corrected chi connectivity index (χ0v) is 18.9. The third-order valence-electron chi connectivity index (χ3n) is 5.46. The fourth-order valence-electron chi connectivity index (χ4n) is 3.20. The zero-order chi connectivity index (χ0) is 20.9. The minimum absolute atomic E-state index is 0.241. The Labute approximate surface area is 171 Å². The lowest BCUT2D eigenvalue weighted by Crippen LogP contribution is -2.45. The van der Waals surface area contributed by atoms with Crippen molar-refractivity contribution < 1.29 is 19.1 Å². The third kappa shape index (κ3) is 8.79. The van der Waals surface area contributed by atoms with Crippen LogP contribution >= 0.6 is 12.6 Å². The van der Waals surface area contributed by atoms with Crippen molar-refractivity contribution in [1.29, 1.82) is 0 Å². The van der Waals surface area contributed by atoms with Crippen LogP contribution in [-0.4, -0.2) is 56.9 Å². The largest absolute Gasteiger partial charge is 0.384 e. The number of carbonyl (C=O) groups is 2. The molecule has 2 heterocycles. The van der Waals surface area contributed by atoms with E-state index in [1.807, 2.05) is 0 Å². The Kier molecular flexibility index (Phi) is 12.9. The minimum Gasteiger partial charge on any atom is -0.384 e. The molecule has 2 amide bonds. The van der Waals surface area contributed by atoms with Crippen LogP contribution in [0.5, 0.6) is 0 Å². The van der Waals surface area contributed by atoms with Crippen molar-refractivity contribution >= 4 is 24.4 Å². The molecule has 3 aliphatic rings. The van der Waals surface area contributed by atoms with E-state index in [1.54, 1.807) is 13.4 Å². The lowest BCUT2D eigenvalue weighted by Gasteiger charge is -2.39. The average Bonchev–Trinajstić information content (AvgIpc) is 2.91. The molecule has 0 aromatic carbocycles. The molecule has 1 saturated heterocycles. The molecule has 0 bridgehead atoms. The topological polar surface area (TPSA) is 55.8 Å². The maximum Gasteiger partial charge on any atom is 0.253 e. The van der Waals surface area contributed by atoms with Gasteiger partial charge in [0.2, 0.25) is 0 Å². The van der Waals surface area contributed by atoms with E-state index in [0.29, 0.717) is 5.41 Å². The molecule has 0 N–H and O–H groups in total. The highest BCUT2D eigenvalue weighted by atomic mass is 32.1. The number of nitrogens with zero attached hydrogens (tertiary/aromatic N) is 1. The van der Waals surface area contributed by atoms with Crippen LogP contribution in [0, 0.1) is 10.8 Å². The van der Waals surface area contributed by atoms with Crippen LogP contribution in [0.3, 0.4) is 0 Å². The number of rotatable bonds is 5. The van der Waals surface area contributed by atoms with Gasteiger partial charge in [0.25, 0.3) is 11.8 Å². The summed E-state index contributed by atoms with van der Waals surface area (Å²) >= 11 is 3.53. The first kappa shape index (κ1) is 26.1. The van der Waals surface area contributed by atoms with E-state index in [-0.39, 0.29) is 11.8 Å². The van der Waals surface area contributed by atoms with Gasteiger partial charge >= 0.3 is 0 Å². The number of hydrogen-bond donors (Lipinski definition) is 1. The van der Waals surface area contributed by atoms with Crippen LogP contribution in [0.1, 0.15) is 59.3 Å². The number of ether oxygens (including phenoxy) is 2. The second-order valence-electron chi connectivity index (χ2n) is 7.76. The van der Waals surface area contributed by atoms with E-state index in [1.165, 1.54) is 57.7 Å². The summed E-state index contributed by atoms with van der Waals surface area (Å²) in [7, 11) is 3.19. The molecular weight excluding hydrogens is 362 g/mol. The first-order chi connectivity index (χ1) is 12.8. The molecule has 2 fully saturated rings. The molecule has 158 valence electrons. The molecule has 0 aromatic heterocycles. The SMILES string of the molecule is CCC1(COC)COC1.CCCC1(C)CCC1.CN1C(=O)C=CC1=O.CS. The van der Waals surface area contributed by atoms with E-state index < -0.39 is 0 Å². The van der Waals surface area contributed by atoms with Gasteiger partial charge in [0.1, 0.15) is 0 Å². The lowest BCUT2D eigenvalue weighted by atomic mass is 9.68. The van der Waals surface area contributed by atoms with Crippen molar-refractivity contribution in [2.45, 2.75) is 59.3 Å². The van der Waals surface area contributed by atoms with Gasteiger partial charge in [-0.1, -0.05) is 33.6 Å². The smallest absolute Gasteiger partial charge is 0.253 e. The van der Waals surface area contributed by atoms with Crippen molar-refractivity contribution in [1.82, 2.24) is 4.90 Å². The van der Waals surface area contributed by atoms with Crippen LogP contribution in [0.4, 0.5) is 0 Å². The Morgan fingerprint density at radius 2 is 1.67 bits per heavy atom. The molecule has 27 heavy (non-hydrogen) atoms. The molecule has 0 unspecified atom stereocenters. The number of imide groups is 1. The number of methoxy groups -OCH3 is 1. The van der Waals surface area contributed by atoms with E-state index in [0.717, 1.165) is 30.1 Å². The summed E-state index contributed by atoms with van der Waals surface area (Å²) < 4.78 is 10.2. The minimum atomic E-state index is -0.241. The van der Waals surface area contributed by atoms with Crippen LogP contribution in [-0.2, 0) is 19.1 Å². The molecular formula is C21H39NO4S. The molecule has 6 heteroatoms. The van der Waals surface area contributed by atoms with Crippen LogP contribution < -0.4 is 0 Å². The summed E-state index contributed by atoms with van der Waals surface area (Å²) in [5.74, 6) is -0.481. The quantitative estimate of drug-likeness (QED) is 0.556. The number of carbonyl (C=O) groups excluding carboxylic acids is 2. The van der Waals surface area contributed by atoms with Gasteiger partial charge < -0.3 is 9.47 Å². The van der Waals surface area contributed by atoms with Gasteiger partial charge in [0.15, 0.2) is 0 Å². The van der Waals surface area contributed by atoms with Gasteiger partial charge in [-0.15, -0.1) is 0 Å². The summed E-state index contributed by atoms with van der Waals surface area (Å²) in [6.45, 7) is 9.50. The molecule has 1 saturated carbocycles. The molecule has 0 radical (unpaired) electrons. The van der Waals surface area contributed by atoms with Gasteiger partial charge in [-0.25, -0.2) is 0 Å². The van der Waals surface area contributed by atoms with Crippen molar-refractivity contribution in [3.63, 3.8) is 0 Å². The Hall–Kier alpha value is -0.850. The van der Waals surface area contributed by atoms with E-state index in [9.17, 15) is 9.59 Å². The molecule has 0 atom stereocenters. The zero-order valence-electron chi connectivity index (χ0n) is 18.0. The summed E-state index contributed by atoms with van der Waals surface area (Å²) in [5, 5.41) is 0. The van der Waals surface area contributed by atoms with Crippen molar-refractivity contribution in [3.8, 4) is 0 Å². The second kappa shape index (κ2) is 13.3. The van der Waals surface area contributed by atoms with Gasteiger partial charge in [0.05, 0.1) is 19.8 Å². The lowest BCUT2D eigenvalue weighted by molar-refractivity contribution is -0.144. The molecule has 3 rings (SSSR count). The van der Waals surface area contributed by atoms with Gasteiger partial charge in [-0.2, -0.15) is 12.6 Å². The van der Waals surface area contributed by atoms with Crippen molar-refractivity contribution in [2.75, 3.05) is 40.2 Å². The van der Waals surface area contributed by atoms with Crippen LogP contribution in [0.2, 0.25) is 0 Å².